The molecular weight excluding hydrogens is 238 g/mol. The lowest BCUT2D eigenvalue weighted by Gasteiger charge is -2.21. The summed E-state index contributed by atoms with van der Waals surface area (Å²) in [6.07, 6.45) is 2.01. The molecule has 0 amide bonds. The average Bonchev–Trinajstić information content (AvgIpc) is 2.44. The Hall–Kier alpha value is -1.10. The molecule has 0 aliphatic heterocycles. The van der Waals surface area contributed by atoms with Gasteiger partial charge in [0.1, 0.15) is 5.75 Å². The van der Waals surface area contributed by atoms with Crippen molar-refractivity contribution in [1.82, 2.24) is 4.90 Å². The maximum atomic E-state index is 5.85. The van der Waals surface area contributed by atoms with Crippen LogP contribution in [0, 0.1) is 0 Å². The Balaban J connectivity index is 2.60. The number of rotatable bonds is 8. The summed E-state index contributed by atoms with van der Waals surface area (Å²) in [6, 6.07) is 6.46. The number of benzene rings is 1. The number of nitrogens with zero attached hydrogens (tertiary/aromatic N) is 1. The Bertz CT molecular complexity index is 382. The van der Waals surface area contributed by atoms with E-state index >= 15 is 0 Å². The minimum atomic E-state index is 0.0499. The summed E-state index contributed by atoms with van der Waals surface area (Å²) in [6.45, 7) is 4.47. The maximum absolute atomic E-state index is 5.85. The first-order valence-electron chi connectivity index (χ1n) is 6.90. The molecule has 1 aromatic carbocycles. The number of hydrogen-bond donors (Lipinski definition) is 2. The van der Waals surface area contributed by atoms with Gasteiger partial charge in [0.2, 0.25) is 0 Å². The van der Waals surface area contributed by atoms with E-state index in [1.807, 2.05) is 0 Å². The molecule has 0 aliphatic rings. The zero-order chi connectivity index (χ0) is 14.3. The standard InChI is InChI=1S/C15H27N3O/c1-4-12-5-6-15(19-3)13(9-12)7-8-18(2)11-14(17)10-16/h5-6,9,14H,4,7-8,10-11,16-17H2,1-3H3. The van der Waals surface area contributed by atoms with E-state index in [-0.39, 0.29) is 6.04 Å². The number of ether oxygens (including phenoxy) is 1. The topological polar surface area (TPSA) is 64.5 Å². The molecule has 1 atom stereocenters. The van der Waals surface area contributed by atoms with Crippen LogP contribution in [0.4, 0.5) is 0 Å². The summed E-state index contributed by atoms with van der Waals surface area (Å²) >= 11 is 0. The predicted molar refractivity (Wildman–Crippen MR) is 80.6 cm³/mol. The van der Waals surface area contributed by atoms with Crippen molar-refractivity contribution in [3.05, 3.63) is 29.3 Å². The van der Waals surface area contributed by atoms with Crippen LogP contribution in [0.3, 0.4) is 0 Å². The summed E-state index contributed by atoms with van der Waals surface area (Å²) in [4.78, 5) is 2.22. The first-order valence-corrected chi connectivity index (χ1v) is 6.90. The van der Waals surface area contributed by atoms with Crippen LogP contribution in [0.15, 0.2) is 18.2 Å². The van der Waals surface area contributed by atoms with Gasteiger partial charge in [-0.05, 0) is 37.1 Å². The zero-order valence-corrected chi connectivity index (χ0v) is 12.4. The molecule has 0 fully saturated rings. The summed E-state index contributed by atoms with van der Waals surface area (Å²) in [5, 5.41) is 0. The second-order valence-electron chi connectivity index (χ2n) is 5.01. The second-order valence-corrected chi connectivity index (χ2v) is 5.01. The molecule has 0 aliphatic carbocycles. The van der Waals surface area contributed by atoms with Crippen LogP contribution < -0.4 is 16.2 Å². The van der Waals surface area contributed by atoms with Crippen molar-refractivity contribution in [2.75, 3.05) is 33.8 Å². The molecule has 4 nitrogen and oxygen atoms in total. The van der Waals surface area contributed by atoms with E-state index in [1.165, 1.54) is 11.1 Å². The molecule has 1 unspecified atom stereocenters. The lowest BCUT2D eigenvalue weighted by Crippen LogP contribution is -2.41. The average molecular weight is 265 g/mol. The summed E-state index contributed by atoms with van der Waals surface area (Å²) in [7, 11) is 3.80. The van der Waals surface area contributed by atoms with Crippen LogP contribution in [-0.4, -0.2) is 44.7 Å². The van der Waals surface area contributed by atoms with Gasteiger partial charge < -0.3 is 21.1 Å². The monoisotopic (exact) mass is 265 g/mol. The van der Waals surface area contributed by atoms with Crippen molar-refractivity contribution in [2.45, 2.75) is 25.8 Å². The molecule has 108 valence electrons. The number of methoxy groups -OCH3 is 1. The molecule has 19 heavy (non-hydrogen) atoms. The van der Waals surface area contributed by atoms with Crippen molar-refractivity contribution < 1.29 is 4.74 Å². The van der Waals surface area contributed by atoms with Crippen molar-refractivity contribution in [3.63, 3.8) is 0 Å². The van der Waals surface area contributed by atoms with E-state index in [2.05, 4.69) is 37.1 Å². The van der Waals surface area contributed by atoms with Crippen molar-refractivity contribution in [3.8, 4) is 5.75 Å². The quantitative estimate of drug-likeness (QED) is 0.736. The van der Waals surface area contributed by atoms with Crippen LogP contribution in [0.5, 0.6) is 5.75 Å². The van der Waals surface area contributed by atoms with E-state index in [1.54, 1.807) is 7.11 Å². The van der Waals surface area contributed by atoms with E-state index in [9.17, 15) is 0 Å². The first kappa shape index (κ1) is 16.0. The maximum Gasteiger partial charge on any atom is 0.122 e. The molecule has 4 N–H and O–H groups in total. The minimum absolute atomic E-state index is 0.0499. The Morgan fingerprint density at radius 1 is 1.37 bits per heavy atom. The predicted octanol–water partition coefficient (Wildman–Crippen LogP) is 1.02. The minimum Gasteiger partial charge on any atom is -0.496 e. The van der Waals surface area contributed by atoms with Crippen molar-refractivity contribution in [2.24, 2.45) is 11.5 Å². The van der Waals surface area contributed by atoms with Crippen LogP contribution >= 0.6 is 0 Å². The lowest BCUT2D eigenvalue weighted by molar-refractivity contribution is 0.314. The van der Waals surface area contributed by atoms with Gasteiger partial charge >= 0.3 is 0 Å². The third kappa shape index (κ3) is 5.19. The Labute approximate surface area is 116 Å². The highest BCUT2D eigenvalue weighted by Gasteiger charge is 2.08. The largest absolute Gasteiger partial charge is 0.496 e. The van der Waals surface area contributed by atoms with Crippen LogP contribution in [0.25, 0.3) is 0 Å². The van der Waals surface area contributed by atoms with Gasteiger partial charge in [0.25, 0.3) is 0 Å². The Morgan fingerprint density at radius 2 is 2.11 bits per heavy atom. The molecular formula is C15H27N3O. The SMILES string of the molecule is CCc1ccc(OC)c(CCN(C)CC(N)CN)c1. The van der Waals surface area contributed by atoms with Gasteiger partial charge in [0.05, 0.1) is 7.11 Å². The molecule has 0 radical (unpaired) electrons. The highest BCUT2D eigenvalue weighted by molar-refractivity contribution is 5.37. The van der Waals surface area contributed by atoms with Crippen molar-refractivity contribution >= 4 is 0 Å². The summed E-state index contributed by atoms with van der Waals surface area (Å²) < 4.78 is 5.42. The van der Waals surface area contributed by atoms with Crippen molar-refractivity contribution in [1.29, 1.82) is 0 Å². The zero-order valence-electron chi connectivity index (χ0n) is 12.4. The van der Waals surface area contributed by atoms with Gasteiger partial charge in [-0.1, -0.05) is 19.1 Å². The first-order chi connectivity index (χ1) is 9.10. The molecule has 0 bridgehead atoms. The van der Waals surface area contributed by atoms with Gasteiger partial charge in [-0.2, -0.15) is 0 Å². The van der Waals surface area contributed by atoms with Crippen LogP contribution in [-0.2, 0) is 12.8 Å². The Morgan fingerprint density at radius 3 is 2.68 bits per heavy atom. The highest BCUT2D eigenvalue weighted by atomic mass is 16.5. The Kier molecular flexibility index (Phi) is 6.84. The molecule has 1 aromatic rings. The van der Waals surface area contributed by atoms with Gasteiger partial charge in [-0.25, -0.2) is 0 Å². The highest BCUT2D eigenvalue weighted by Crippen LogP contribution is 2.21. The van der Waals surface area contributed by atoms with E-state index in [0.29, 0.717) is 6.54 Å². The van der Waals surface area contributed by atoms with E-state index in [4.69, 9.17) is 16.2 Å². The number of aryl methyl sites for hydroxylation is 1. The molecule has 0 spiro atoms. The number of likely N-dealkylation sites (N-methyl/N-ethyl adjacent to an activating group) is 1. The van der Waals surface area contributed by atoms with Crippen LogP contribution in [0.1, 0.15) is 18.1 Å². The fourth-order valence-corrected chi connectivity index (χ4v) is 2.12. The van der Waals surface area contributed by atoms with Gasteiger partial charge in [0, 0.05) is 25.7 Å². The molecule has 0 heterocycles. The fourth-order valence-electron chi connectivity index (χ4n) is 2.12. The van der Waals surface area contributed by atoms with Gasteiger partial charge in [0.15, 0.2) is 0 Å². The summed E-state index contributed by atoms with van der Waals surface area (Å²) in [5.74, 6) is 0.966. The second kappa shape index (κ2) is 8.15. The van der Waals surface area contributed by atoms with E-state index in [0.717, 1.165) is 31.7 Å². The molecule has 0 saturated carbocycles. The number of hydrogen-bond acceptors (Lipinski definition) is 4. The van der Waals surface area contributed by atoms with Gasteiger partial charge in [-0.15, -0.1) is 0 Å². The molecule has 4 heteroatoms. The summed E-state index contributed by atoms with van der Waals surface area (Å²) in [5.41, 5.74) is 14.0. The molecule has 0 aromatic heterocycles. The number of nitrogens with two attached hydrogens (primary N) is 2. The van der Waals surface area contributed by atoms with Gasteiger partial charge in [-0.3, -0.25) is 0 Å². The third-order valence-corrected chi connectivity index (χ3v) is 3.36. The molecule has 1 rings (SSSR count). The smallest absolute Gasteiger partial charge is 0.122 e. The van der Waals surface area contributed by atoms with Crippen LogP contribution in [0.2, 0.25) is 0 Å². The van der Waals surface area contributed by atoms with E-state index < -0.39 is 0 Å². The fraction of sp³-hybridized carbons (Fsp3) is 0.600. The lowest BCUT2D eigenvalue weighted by atomic mass is 10.0. The molecule has 0 saturated heterocycles. The third-order valence-electron chi connectivity index (χ3n) is 3.36. The normalized spacial score (nSPS) is 12.7.